The number of hydrogen-bond donors (Lipinski definition) is 2. The summed E-state index contributed by atoms with van der Waals surface area (Å²) < 4.78 is 5.16. The van der Waals surface area contributed by atoms with E-state index >= 15 is 0 Å². The second kappa shape index (κ2) is 2.78. The highest BCUT2D eigenvalue weighted by Gasteiger charge is 2.05. The Morgan fingerprint density at radius 1 is 1.46 bits per heavy atom. The van der Waals surface area contributed by atoms with Gasteiger partial charge < -0.3 is 10.2 Å². The van der Waals surface area contributed by atoms with E-state index in [1.807, 2.05) is 12.1 Å². The predicted octanol–water partition coefficient (Wildman–Crippen LogP) is 1.32. The van der Waals surface area contributed by atoms with Crippen molar-refractivity contribution >= 4 is 23.1 Å². The number of carbonyl (C=O) groups excluding carboxylic acids is 1. The molecule has 0 spiro atoms. The molecule has 66 valence electrons. The van der Waals surface area contributed by atoms with Crippen molar-refractivity contribution in [2.24, 2.45) is 5.73 Å². The van der Waals surface area contributed by atoms with Gasteiger partial charge in [0.2, 0.25) is 0 Å². The van der Waals surface area contributed by atoms with Gasteiger partial charge in [-0.3, -0.25) is 5.32 Å². The van der Waals surface area contributed by atoms with Crippen molar-refractivity contribution in [3.8, 4) is 0 Å². The lowest BCUT2D eigenvalue weighted by atomic mass is 10.3. The number of fused-ring (bicyclic) bond motifs is 1. The number of nitrogens with one attached hydrogen (secondary N) is 1. The standard InChI is InChI=1S/C8H7N3O2/c9-7(12)11-8-10-5-3-1-2-4-6(5)13-8/h1-4H,(H3,9,10,11,12). The molecule has 1 aromatic carbocycles. The van der Waals surface area contributed by atoms with E-state index in [2.05, 4.69) is 10.3 Å². The van der Waals surface area contributed by atoms with Crippen LogP contribution < -0.4 is 11.1 Å². The third kappa shape index (κ3) is 1.44. The summed E-state index contributed by atoms with van der Waals surface area (Å²) in [5.74, 6) is 0. The third-order valence-electron chi connectivity index (χ3n) is 1.52. The Hall–Kier alpha value is -2.04. The van der Waals surface area contributed by atoms with Crippen molar-refractivity contribution in [1.82, 2.24) is 4.98 Å². The van der Waals surface area contributed by atoms with Gasteiger partial charge in [0.1, 0.15) is 5.52 Å². The monoisotopic (exact) mass is 177 g/mol. The number of benzene rings is 1. The maximum Gasteiger partial charge on any atom is 0.320 e. The minimum Gasteiger partial charge on any atom is -0.423 e. The Balaban J connectivity index is 2.44. The lowest BCUT2D eigenvalue weighted by Crippen LogP contribution is -2.19. The first kappa shape index (κ1) is 7.60. The molecular formula is C8H7N3O2. The van der Waals surface area contributed by atoms with Gasteiger partial charge in [-0.2, -0.15) is 4.98 Å². The highest BCUT2D eigenvalue weighted by Crippen LogP contribution is 2.17. The molecule has 5 heteroatoms. The average Bonchev–Trinajstić information content (AvgIpc) is 2.44. The average molecular weight is 177 g/mol. The van der Waals surface area contributed by atoms with Gasteiger partial charge in [0, 0.05) is 0 Å². The molecule has 2 rings (SSSR count). The molecule has 5 nitrogen and oxygen atoms in total. The minimum absolute atomic E-state index is 0.119. The summed E-state index contributed by atoms with van der Waals surface area (Å²) in [7, 11) is 0. The maximum atomic E-state index is 10.5. The van der Waals surface area contributed by atoms with Crippen molar-refractivity contribution in [2.45, 2.75) is 0 Å². The van der Waals surface area contributed by atoms with Gasteiger partial charge in [-0.25, -0.2) is 4.79 Å². The molecule has 13 heavy (non-hydrogen) atoms. The van der Waals surface area contributed by atoms with Gasteiger partial charge in [-0.15, -0.1) is 0 Å². The number of rotatable bonds is 1. The topological polar surface area (TPSA) is 81.2 Å². The van der Waals surface area contributed by atoms with E-state index in [-0.39, 0.29) is 6.01 Å². The van der Waals surface area contributed by atoms with Crippen LogP contribution in [-0.2, 0) is 0 Å². The molecule has 0 saturated carbocycles. The van der Waals surface area contributed by atoms with E-state index in [4.69, 9.17) is 10.2 Å². The van der Waals surface area contributed by atoms with Crippen LogP contribution in [0, 0.1) is 0 Å². The Morgan fingerprint density at radius 2 is 2.23 bits per heavy atom. The van der Waals surface area contributed by atoms with E-state index in [0.29, 0.717) is 11.1 Å². The fourth-order valence-corrected chi connectivity index (χ4v) is 1.03. The molecule has 0 fully saturated rings. The molecule has 0 unspecified atom stereocenters. The minimum atomic E-state index is -0.688. The fraction of sp³-hybridized carbons (Fsp3) is 0. The van der Waals surface area contributed by atoms with E-state index in [0.717, 1.165) is 0 Å². The van der Waals surface area contributed by atoms with Crippen LogP contribution in [-0.4, -0.2) is 11.0 Å². The summed E-state index contributed by atoms with van der Waals surface area (Å²) in [6.45, 7) is 0. The quantitative estimate of drug-likeness (QED) is 0.689. The molecular weight excluding hydrogens is 170 g/mol. The van der Waals surface area contributed by atoms with Gasteiger partial charge >= 0.3 is 12.0 Å². The van der Waals surface area contributed by atoms with E-state index in [1.54, 1.807) is 12.1 Å². The smallest absolute Gasteiger partial charge is 0.320 e. The lowest BCUT2D eigenvalue weighted by Gasteiger charge is -1.90. The molecule has 0 atom stereocenters. The molecule has 0 aliphatic carbocycles. The first-order valence-corrected chi connectivity index (χ1v) is 3.68. The molecule has 0 saturated heterocycles. The molecule has 3 N–H and O–H groups in total. The number of nitrogens with zero attached hydrogens (tertiary/aromatic N) is 1. The van der Waals surface area contributed by atoms with Gasteiger partial charge in [-0.05, 0) is 12.1 Å². The van der Waals surface area contributed by atoms with E-state index in [9.17, 15) is 4.79 Å². The van der Waals surface area contributed by atoms with Crippen LogP contribution in [0.2, 0.25) is 0 Å². The van der Waals surface area contributed by atoms with Gasteiger partial charge in [-0.1, -0.05) is 12.1 Å². The van der Waals surface area contributed by atoms with Crippen LogP contribution >= 0.6 is 0 Å². The Kier molecular flexibility index (Phi) is 1.63. The first-order chi connectivity index (χ1) is 6.25. The first-order valence-electron chi connectivity index (χ1n) is 3.68. The molecule has 1 heterocycles. The number of para-hydroxylation sites is 2. The largest absolute Gasteiger partial charge is 0.423 e. The zero-order valence-corrected chi connectivity index (χ0v) is 6.65. The molecule has 0 aliphatic heterocycles. The second-order valence-corrected chi connectivity index (χ2v) is 2.48. The molecule has 2 aromatic rings. The fourth-order valence-electron chi connectivity index (χ4n) is 1.03. The lowest BCUT2D eigenvalue weighted by molar-refractivity contribution is 0.259. The van der Waals surface area contributed by atoms with Gasteiger partial charge in [0.15, 0.2) is 5.58 Å². The number of urea groups is 1. The molecule has 0 aliphatic rings. The normalized spacial score (nSPS) is 10.2. The maximum absolute atomic E-state index is 10.5. The zero-order valence-electron chi connectivity index (χ0n) is 6.65. The van der Waals surface area contributed by atoms with Crippen molar-refractivity contribution in [3.63, 3.8) is 0 Å². The van der Waals surface area contributed by atoms with E-state index < -0.39 is 6.03 Å². The van der Waals surface area contributed by atoms with Gasteiger partial charge in [0.25, 0.3) is 0 Å². The number of oxazole rings is 1. The van der Waals surface area contributed by atoms with Crippen molar-refractivity contribution in [1.29, 1.82) is 0 Å². The molecule has 1 aromatic heterocycles. The summed E-state index contributed by atoms with van der Waals surface area (Å²) in [4.78, 5) is 14.4. The zero-order chi connectivity index (χ0) is 9.26. The van der Waals surface area contributed by atoms with Crippen LogP contribution in [0.5, 0.6) is 0 Å². The van der Waals surface area contributed by atoms with Crippen LogP contribution in [0.25, 0.3) is 11.1 Å². The molecule has 2 amide bonds. The van der Waals surface area contributed by atoms with Crippen LogP contribution in [0.3, 0.4) is 0 Å². The van der Waals surface area contributed by atoms with Crippen molar-refractivity contribution < 1.29 is 9.21 Å². The second-order valence-electron chi connectivity index (χ2n) is 2.48. The highest BCUT2D eigenvalue weighted by molar-refractivity contribution is 5.87. The SMILES string of the molecule is NC(=O)Nc1nc2ccccc2o1. The van der Waals surface area contributed by atoms with Gasteiger partial charge in [0.05, 0.1) is 0 Å². The highest BCUT2D eigenvalue weighted by atomic mass is 16.4. The third-order valence-corrected chi connectivity index (χ3v) is 1.52. The number of hydrogen-bond acceptors (Lipinski definition) is 3. The summed E-state index contributed by atoms with van der Waals surface area (Å²) in [5, 5.41) is 2.26. The molecule has 0 radical (unpaired) electrons. The number of anilines is 1. The predicted molar refractivity (Wildman–Crippen MR) is 47.2 cm³/mol. The number of amides is 2. The van der Waals surface area contributed by atoms with E-state index in [1.165, 1.54) is 0 Å². The number of aromatic nitrogens is 1. The Morgan fingerprint density at radius 3 is 2.92 bits per heavy atom. The number of primary amides is 1. The van der Waals surface area contributed by atoms with Crippen molar-refractivity contribution in [3.05, 3.63) is 24.3 Å². The number of nitrogens with two attached hydrogens (primary N) is 1. The Bertz CT molecular complexity index is 416. The molecule has 0 bridgehead atoms. The van der Waals surface area contributed by atoms with Crippen LogP contribution in [0.15, 0.2) is 28.7 Å². The van der Waals surface area contributed by atoms with Crippen molar-refractivity contribution in [2.75, 3.05) is 5.32 Å². The Labute approximate surface area is 73.5 Å². The van der Waals surface area contributed by atoms with Crippen LogP contribution in [0.1, 0.15) is 0 Å². The summed E-state index contributed by atoms with van der Waals surface area (Å²) in [5.41, 5.74) is 6.20. The summed E-state index contributed by atoms with van der Waals surface area (Å²) in [6, 6.07) is 6.63. The van der Waals surface area contributed by atoms with Crippen LogP contribution in [0.4, 0.5) is 10.8 Å². The summed E-state index contributed by atoms with van der Waals surface area (Å²) >= 11 is 0. The summed E-state index contributed by atoms with van der Waals surface area (Å²) in [6.07, 6.45) is 0. The number of carbonyl (C=O) groups is 1.